The molecule has 0 bridgehead atoms. The van der Waals surface area contributed by atoms with E-state index >= 15 is 0 Å². The van der Waals surface area contributed by atoms with Gasteiger partial charge in [-0.25, -0.2) is 13.1 Å². The van der Waals surface area contributed by atoms with Gasteiger partial charge in [-0.1, -0.05) is 0 Å². The van der Waals surface area contributed by atoms with Gasteiger partial charge < -0.3 is 10.6 Å². The van der Waals surface area contributed by atoms with E-state index in [2.05, 4.69) is 23.5 Å². The number of nitrogens with one attached hydrogen (secondary N) is 1. The molecule has 0 aliphatic carbocycles. The molecule has 1 aromatic rings. The lowest BCUT2D eigenvalue weighted by Crippen LogP contribution is -2.35. The van der Waals surface area contributed by atoms with Crippen molar-refractivity contribution >= 4 is 21.4 Å². The number of nitrogens with two attached hydrogens (primary N) is 1. The lowest BCUT2D eigenvalue weighted by molar-refractivity contribution is 0.278. The van der Waals surface area contributed by atoms with Gasteiger partial charge in [0.2, 0.25) is 10.0 Å². The summed E-state index contributed by atoms with van der Waals surface area (Å²) >= 11 is 1.29. The predicted molar refractivity (Wildman–Crippen MR) is 80.0 cm³/mol. The molecule has 0 aliphatic rings. The van der Waals surface area contributed by atoms with Crippen LogP contribution in [0, 0.1) is 0 Å². The first-order valence-corrected chi connectivity index (χ1v) is 8.65. The molecule has 1 rings (SSSR count). The first-order valence-electron chi connectivity index (χ1n) is 6.35. The molecule has 0 spiro atoms. The Hall–Kier alpha value is -0.470. The maximum absolute atomic E-state index is 12.1. The third-order valence-corrected chi connectivity index (χ3v) is 6.03. The second-order valence-corrected chi connectivity index (χ2v) is 7.89. The highest BCUT2D eigenvalue weighted by atomic mass is 32.2. The Bertz CT molecular complexity index is 483. The zero-order valence-corrected chi connectivity index (χ0v) is 13.4. The van der Waals surface area contributed by atoms with Crippen molar-refractivity contribution in [1.29, 1.82) is 0 Å². The average Bonchev–Trinajstić information content (AvgIpc) is 2.78. The number of hydrogen-bond acceptors (Lipinski definition) is 5. The largest absolute Gasteiger partial charge is 0.330 e. The first-order chi connectivity index (χ1) is 8.86. The third kappa shape index (κ3) is 5.19. The zero-order chi connectivity index (χ0) is 14.5. The van der Waals surface area contributed by atoms with Crippen LogP contribution >= 0.6 is 11.3 Å². The SMILES string of the molecule is CC(C)N(C)CCNS(=O)(=O)c1ccc(CCN)s1. The van der Waals surface area contributed by atoms with E-state index in [1.807, 2.05) is 13.1 Å². The molecule has 1 aromatic heterocycles. The summed E-state index contributed by atoms with van der Waals surface area (Å²) in [6.45, 7) is 5.80. The number of sulfonamides is 1. The summed E-state index contributed by atoms with van der Waals surface area (Å²) in [6, 6.07) is 3.87. The van der Waals surface area contributed by atoms with Crippen molar-refractivity contribution in [3.05, 3.63) is 17.0 Å². The molecule has 5 nitrogen and oxygen atoms in total. The third-order valence-electron chi connectivity index (χ3n) is 2.93. The van der Waals surface area contributed by atoms with E-state index in [4.69, 9.17) is 5.73 Å². The van der Waals surface area contributed by atoms with Gasteiger partial charge >= 0.3 is 0 Å². The molecule has 0 unspecified atom stereocenters. The molecule has 0 saturated carbocycles. The van der Waals surface area contributed by atoms with Crippen LogP contribution in [0.15, 0.2) is 16.3 Å². The van der Waals surface area contributed by atoms with Crippen LogP contribution in [0.4, 0.5) is 0 Å². The van der Waals surface area contributed by atoms with Crippen molar-refractivity contribution in [3.63, 3.8) is 0 Å². The molecular weight excluding hydrogens is 282 g/mol. The topological polar surface area (TPSA) is 75.4 Å². The number of nitrogens with zero attached hydrogens (tertiary/aromatic N) is 1. The molecule has 0 fully saturated rings. The van der Waals surface area contributed by atoms with Gasteiger partial charge in [0.15, 0.2) is 0 Å². The minimum absolute atomic E-state index is 0.364. The molecule has 0 aliphatic heterocycles. The van der Waals surface area contributed by atoms with Gasteiger partial charge in [0.1, 0.15) is 4.21 Å². The fraction of sp³-hybridized carbons (Fsp3) is 0.667. The number of rotatable bonds is 8. The Morgan fingerprint density at radius 2 is 2.11 bits per heavy atom. The second-order valence-electron chi connectivity index (χ2n) is 4.73. The van der Waals surface area contributed by atoms with Crippen molar-refractivity contribution in [2.75, 3.05) is 26.7 Å². The summed E-state index contributed by atoms with van der Waals surface area (Å²) in [4.78, 5) is 3.10. The lowest BCUT2D eigenvalue weighted by Gasteiger charge is -2.20. The smallest absolute Gasteiger partial charge is 0.250 e. The molecule has 0 saturated heterocycles. The van der Waals surface area contributed by atoms with E-state index in [-0.39, 0.29) is 0 Å². The zero-order valence-electron chi connectivity index (χ0n) is 11.7. The fourth-order valence-corrected chi connectivity index (χ4v) is 3.90. The molecule has 0 aromatic carbocycles. The Balaban J connectivity index is 2.55. The second kappa shape index (κ2) is 7.35. The highest BCUT2D eigenvalue weighted by Crippen LogP contribution is 2.21. The summed E-state index contributed by atoms with van der Waals surface area (Å²) in [6.07, 6.45) is 0.719. The van der Waals surface area contributed by atoms with Crippen molar-refractivity contribution in [1.82, 2.24) is 9.62 Å². The highest BCUT2D eigenvalue weighted by Gasteiger charge is 2.16. The van der Waals surface area contributed by atoms with E-state index in [1.54, 1.807) is 6.07 Å². The molecule has 0 radical (unpaired) electrons. The molecule has 110 valence electrons. The Kier molecular flexibility index (Phi) is 6.41. The van der Waals surface area contributed by atoms with Crippen molar-refractivity contribution < 1.29 is 8.42 Å². The van der Waals surface area contributed by atoms with E-state index < -0.39 is 10.0 Å². The standard InChI is InChI=1S/C12H23N3O2S2/c1-10(2)15(3)9-8-14-19(16,17)12-5-4-11(18-12)6-7-13/h4-5,10,14H,6-9,13H2,1-3H3. The Morgan fingerprint density at radius 1 is 1.42 bits per heavy atom. The predicted octanol–water partition coefficient (Wildman–Crippen LogP) is 0.868. The van der Waals surface area contributed by atoms with Crippen molar-refractivity contribution in [2.45, 2.75) is 30.5 Å². The van der Waals surface area contributed by atoms with Gasteiger partial charge in [-0.2, -0.15) is 0 Å². The average molecular weight is 305 g/mol. The van der Waals surface area contributed by atoms with Crippen LogP contribution in [0.1, 0.15) is 18.7 Å². The van der Waals surface area contributed by atoms with Crippen LogP contribution in [-0.4, -0.2) is 46.0 Å². The van der Waals surface area contributed by atoms with Crippen LogP contribution < -0.4 is 10.5 Å². The summed E-state index contributed by atoms with van der Waals surface area (Å²) < 4.78 is 27.1. The van der Waals surface area contributed by atoms with Crippen molar-refractivity contribution in [2.24, 2.45) is 5.73 Å². The minimum atomic E-state index is -3.38. The molecule has 0 atom stereocenters. The van der Waals surface area contributed by atoms with Crippen LogP contribution in [0.2, 0.25) is 0 Å². The van der Waals surface area contributed by atoms with E-state index in [1.165, 1.54) is 11.3 Å². The fourth-order valence-electron chi connectivity index (χ4n) is 1.46. The Morgan fingerprint density at radius 3 is 2.68 bits per heavy atom. The van der Waals surface area contributed by atoms with Crippen LogP contribution in [0.3, 0.4) is 0 Å². The summed E-state index contributed by atoms with van der Waals surface area (Å²) in [5.41, 5.74) is 5.46. The van der Waals surface area contributed by atoms with Gasteiger partial charge in [0, 0.05) is 24.0 Å². The van der Waals surface area contributed by atoms with E-state index in [9.17, 15) is 8.42 Å². The van der Waals surface area contributed by atoms with Crippen LogP contribution in [0.25, 0.3) is 0 Å². The van der Waals surface area contributed by atoms with E-state index in [0.717, 1.165) is 11.3 Å². The van der Waals surface area contributed by atoms with Gasteiger partial charge in [-0.3, -0.25) is 0 Å². The highest BCUT2D eigenvalue weighted by molar-refractivity contribution is 7.91. The maximum Gasteiger partial charge on any atom is 0.250 e. The molecule has 7 heteroatoms. The van der Waals surface area contributed by atoms with Crippen LogP contribution in [0.5, 0.6) is 0 Å². The summed E-state index contributed by atoms with van der Waals surface area (Å²) in [7, 11) is -1.40. The number of hydrogen-bond donors (Lipinski definition) is 2. The number of thiophene rings is 1. The van der Waals surface area contributed by atoms with E-state index in [0.29, 0.717) is 29.9 Å². The molecule has 19 heavy (non-hydrogen) atoms. The number of likely N-dealkylation sites (N-methyl/N-ethyl adjacent to an activating group) is 1. The molecule has 3 N–H and O–H groups in total. The van der Waals surface area contributed by atoms with Gasteiger partial charge in [-0.15, -0.1) is 11.3 Å². The molecule has 1 heterocycles. The van der Waals surface area contributed by atoms with Crippen LogP contribution in [-0.2, 0) is 16.4 Å². The minimum Gasteiger partial charge on any atom is -0.330 e. The van der Waals surface area contributed by atoms with Gasteiger partial charge in [0.05, 0.1) is 0 Å². The lowest BCUT2D eigenvalue weighted by atomic mass is 10.3. The van der Waals surface area contributed by atoms with Crippen molar-refractivity contribution in [3.8, 4) is 0 Å². The summed E-state index contributed by atoms with van der Waals surface area (Å²) in [5, 5.41) is 0. The molecular formula is C12H23N3O2S2. The first kappa shape index (κ1) is 16.6. The monoisotopic (exact) mass is 305 g/mol. The summed E-state index contributed by atoms with van der Waals surface area (Å²) in [5.74, 6) is 0. The Labute approximate surface area is 119 Å². The maximum atomic E-state index is 12.1. The van der Waals surface area contributed by atoms with Gasteiger partial charge in [0.25, 0.3) is 0 Å². The molecule has 0 amide bonds. The quantitative estimate of drug-likeness (QED) is 0.747. The van der Waals surface area contributed by atoms with Gasteiger partial charge in [-0.05, 0) is 46.0 Å². The normalized spacial score (nSPS) is 12.5.